The van der Waals surface area contributed by atoms with Crippen LogP contribution < -0.4 is 5.32 Å². The Kier molecular flexibility index (Phi) is 5.50. The molecule has 1 aromatic rings. The normalized spacial score (nSPS) is 30.2. The smallest absolute Gasteiger partial charge is 0.405 e. The summed E-state index contributed by atoms with van der Waals surface area (Å²) in [6, 6.07) is -0.894. The van der Waals surface area contributed by atoms with Crippen molar-refractivity contribution in [2.75, 3.05) is 19.8 Å². The molecule has 3 heterocycles. The van der Waals surface area contributed by atoms with E-state index in [-0.39, 0.29) is 23.8 Å². The standard InChI is InChI=1S/C18H28N4O4/c1-10-6-14(16-19-7-12(3)20-16)22(8-10)17(23)15(21-18(24)25)13-4-5-26-9-11(13)2/h7,10-11,13-15,21H,4-6,8-9H2,1-3H3,(H,19,20)(H,24,25)/t10-,11-,13?,14-,15-/m0/s1. The number of imidazole rings is 1. The van der Waals surface area contributed by atoms with Crippen LogP contribution in [0.4, 0.5) is 4.79 Å². The lowest BCUT2D eigenvalue weighted by atomic mass is 9.83. The number of aromatic amines is 1. The molecule has 3 N–H and O–H groups in total. The van der Waals surface area contributed by atoms with E-state index >= 15 is 0 Å². The van der Waals surface area contributed by atoms with Crippen molar-refractivity contribution in [3.8, 4) is 0 Å². The number of H-pyrrole nitrogens is 1. The van der Waals surface area contributed by atoms with Crippen molar-refractivity contribution in [3.63, 3.8) is 0 Å². The molecule has 8 heteroatoms. The van der Waals surface area contributed by atoms with Crippen molar-refractivity contribution >= 4 is 12.0 Å². The number of likely N-dealkylation sites (tertiary alicyclic amines) is 1. The Balaban J connectivity index is 1.85. The van der Waals surface area contributed by atoms with Gasteiger partial charge in [-0.3, -0.25) is 4.79 Å². The van der Waals surface area contributed by atoms with Gasteiger partial charge in [-0.15, -0.1) is 0 Å². The highest BCUT2D eigenvalue weighted by Gasteiger charge is 2.43. The monoisotopic (exact) mass is 364 g/mol. The van der Waals surface area contributed by atoms with Crippen LogP contribution in [-0.4, -0.2) is 57.8 Å². The van der Waals surface area contributed by atoms with Crippen LogP contribution in [-0.2, 0) is 9.53 Å². The van der Waals surface area contributed by atoms with E-state index in [0.717, 1.165) is 17.9 Å². The minimum Gasteiger partial charge on any atom is -0.465 e. The van der Waals surface area contributed by atoms with E-state index in [4.69, 9.17) is 4.74 Å². The zero-order valence-corrected chi connectivity index (χ0v) is 15.6. The Labute approximate surface area is 153 Å². The Morgan fingerprint density at radius 1 is 1.46 bits per heavy atom. The summed E-state index contributed by atoms with van der Waals surface area (Å²) in [5, 5.41) is 11.8. The van der Waals surface area contributed by atoms with Crippen molar-refractivity contribution < 1.29 is 19.4 Å². The van der Waals surface area contributed by atoms with Gasteiger partial charge in [0.2, 0.25) is 5.91 Å². The highest BCUT2D eigenvalue weighted by Crippen LogP contribution is 2.36. The van der Waals surface area contributed by atoms with E-state index in [1.807, 2.05) is 13.8 Å². The Hall–Kier alpha value is -2.09. The average molecular weight is 364 g/mol. The second-order valence-electron chi connectivity index (χ2n) is 7.73. The van der Waals surface area contributed by atoms with Crippen molar-refractivity contribution in [2.24, 2.45) is 17.8 Å². The van der Waals surface area contributed by atoms with Crippen LogP contribution in [0.15, 0.2) is 6.20 Å². The van der Waals surface area contributed by atoms with Gasteiger partial charge in [0, 0.05) is 31.6 Å². The predicted octanol–water partition coefficient (Wildman–Crippen LogP) is 1.94. The van der Waals surface area contributed by atoms with Crippen LogP contribution in [0.25, 0.3) is 0 Å². The van der Waals surface area contributed by atoms with Gasteiger partial charge in [0.1, 0.15) is 11.9 Å². The molecule has 2 aliphatic rings. The molecular formula is C18H28N4O4. The van der Waals surface area contributed by atoms with Crippen LogP contribution in [0, 0.1) is 24.7 Å². The summed E-state index contributed by atoms with van der Waals surface area (Å²) in [5.74, 6) is 1.01. The molecule has 0 bridgehead atoms. The quantitative estimate of drug-likeness (QED) is 0.757. The molecule has 3 rings (SSSR count). The third-order valence-corrected chi connectivity index (χ3v) is 5.51. The lowest BCUT2D eigenvalue weighted by molar-refractivity contribution is -0.138. The summed E-state index contributed by atoms with van der Waals surface area (Å²) in [6.07, 6.45) is 2.09. The number of aromatic nitrogens is 2. The summed E-state index contributed by atoms with van der Waals surface area (Å²) in [4.78, 5) is 34.2. The lowest BCUT2D eigenvalue weighted by Gasteiger charge is -2.37. The molecule has 26 heavy (non-hydrogen) atoms. The molecule has 0 aromatic carbocycles. The molecular weight excluding hydrogens is 336 g/mol. The fourth-order valence-corrected chi connectivity index (χ4v) is 4.21. The molecule has 5 atom stereocenters. The molecule has 0 aliphatic carbocycles. The van der Waals surface area contributed by atoms with Crippen molar-refractivity contribution in [1.82, 2.24) is 20.2 Å². The Morgan fingerprint density at radius 3 is 2.85 bits per heavy atom. The maximum absolute atomic E-state index is 13.4. The molecule has 0 radical (unpaired) electrons. The van der Waals surface area contributed by atoms with E-state index < -0.39 is 12.1 Å². The third kappa shape index (κ3) is 3.85. The van der Waals surface area contributed by atoms with Gasteiger partial charge in [0.05, 0.1) is 6.04 Å². The second-order valence-corrected chi connectivity index (χ2v) is 7.73. The number of hydrogen-bond donors (Lipinski definition) is 3. The minimum absolute atomic E-state index is 0.0674. The van der Waals surface area contributed by atoms with Crippen molar-refractivity contribution in [3.05, 3.63) is 17.7 Å². The molecule has 8 nitrogen and oxygen atoms in total. The molecule has 144 valence electrons. The lowest BCUT2D eigenvalue weighted by Crippen LogP contribution is -2.54. The summed E-state index contributed by atoms with van der Waals surface area (Å²) in [6.45, 7) is 7.75. The number of aryl methyl sites for hydroxylation is 1. The van der Waals surface area contributed by atoms with Gasteiger partial charge in [0.15, 0.2) is 0 Å². The summed E-state index contributed by atoms with van der Waals surface area (Å²) >= 11 is 0. The molecule has 0 spiro atoms. The summed E-state index contributed by atoms with van der Waals surface area (Å²) in [5.41, 5.74) is 0.949. The largest absolute Gasteiger partial charge is 0.465 e. The van der Waals surface area contributed by atoms with Gasteiger partial charge >= 0.3 is 6.09 Å². The number of rotatable bonds is 4. The topological polar surface area (TPSA) is 108 Å². The van der Waals surface area contributed by atoms with Gasteiger partial charge in [-0.25, -0.2) is 9.78 Å². The highest BCUT2D eigenvalue weighted by molar-refractivity contribution is 5.86. The van der Waals surface area contributed by atoms with E-state index in [2.05, 4.69) is 22.2 Å². The number of carbonyl (C=O) groups is 2. The van der Waals surface area contributed by atoms with Gasteiger partial charge in [-0.2, -0.15) is 0 Å². The van der Waals surface area contributed by atoms with E-state index in [9.17, 15) is 14.7 Å². The van der Waals surface area contributed by atoms with E-state index in [1.165, 1.54) is 0 Å². The zero-order chi connectivity index (χ0) is 18.8. The van der Waals surface area contributed by atoms with Crippen molar-refractivity contribution in [1.29, 1.82) is 0 Å². The Bertz CT molecular complexity index is 661. The number of nitrogens with zero attached hydrogens (tertiary/aromatic N) is 2. The average Bonchev–Trinajstić information content (AvgIpc) is 3.18. The summed E-state index contributed by atoms with van der Waals surface area (Å²) < 4.78 is 5.47. The number of hydrogen-bond acceptors (Lipinski definition) is 4. The van der Waals surface area contributed by atoms with E-state index in [1.54, 1.807) is 11.1 Å². The zero-order valence-electron chi connectivity index (χ0n) is 15.6. The van der Waals surface area contributed by atoms with Crippen LogP contribution >= 0.6 is 0 Å². The third-order valence-electron chi connectivity index (χ3n) is 5.51. The van der Waals surface area contributed by atoms with Crippen LogP contribution in [0.1, 0.15) is 44.2 Å². The maximum Gasteiger partial charge on any atom is 0.405 e. The number of carbonyl (C=O) groups excluding carboxylic acids is 1. The first kappa shape index (κ1) is 18.7. The number of ether oxygens (including phenoxy) is 1. The fourth-order valence-electron chi connectivity index (χ4n) is 4.21. The van der Waals surface area contributed by atoms with Gasteiger partial charge in [-0.05, 0) is 37.5 Å². The first-order chi connectivity index (χ1) is 12.4. The molecule has 1 unspecified atom stereocenters. The second kappa shape index (κ2) is 7.65. The molecule has 0 saturated carbocycles. The minimum atomic E-state index is -1.17. The molecule has 2 saturated heterocycles. The highest BCUT2D eigenvalue weighted by atomic mass is 16.5. The van der Waals surface area contributed by atoms with Gasteiger partial charge in [-0.1, -0.05) is 13.8 Å². The van der Waals surface area contributed by atoms with Crippen molar-refractivity contribution in [2.45, 2.75) is 45.7 Å². The number of carboxylic acid groups (broad SMARTS) is 1. The van der Waals surface area contributed by atoms with Gasteiger partial charge < -0.3 is 25.0 Å². The molecule has 2 amide bonds. The van der Waals surface area contributed by atoms with Gasteiger partial charge in [0.25, 0.3) is 0 Å². The first-order valence-electron chi connectivity index (χ1n) is 9.26. The van der Waals surface area contributed by atoms with Crippen LogP contribution in [0.2, 0.25) is 0 Å². The van der Waals surface area contributed by atoms with E-state index in [0.29, 0.717) is 32.1 Å². The predicted molar refractivity (Wildman–Crippen MR) is 94.6 cm³/mol. The first-order valence-corrected chi connectivity index (χ1v) is 9.26. The Morgan fingerprint density at radius 2 is 2.23 bits per heavy atom. The number of amides is 2. The van der Waals surface area contributed by atoms with Crippen LogP contribution in [0.5, 0.6) is 0 Å². The van der Waals surface area contributed by atoms with Crippen LogP contribution in [0.3, 0.4) is 0 Å². The fraction of sp³-hybridized carbons (Fsp3) is 0.722. The molecule has 2 aliphatic heterocycles. The summed E-state index contributed by atoms with van der Waals surface area (Å²) in [7, 11) is 0. The molecule has 2 fully saturated rings. The maximum atomic E-state index is 13.4. The number of nitrogens with one attached hydrogen (secondary N) is 2. The molecule has 1 aromatic heterocycles. The SMILES string of the molecule is Cc1cnc([C@@H]2C[C@H](C)CN2C(=O)[C@@H](NC(=O)O)C2CCOC[C@@H]2C)[nH]1.